The molecule has 1 aromatic rings. The minimum Gasteiger partial charge on any atom is -0.293 e. The molecular formula is C15H22OS. The molecule has 0 amide bonds. The molecule has 0 spiro atoms. The Balaban J connectivity index is 2.55. The van der Waals surface area contributed by atoms with E-state index in [1.165, 1.54) is 18.4 Å². The maximum atomic E-state index is 12.1. The van der Waals surface area contributed by atoms with Gasteiger partial charge >= 0.3 is 0 Å². The Morgan fingerprint density at radius 2 is 1.88 bits per heavy atom. The van der Waals surface area contributed by atoms with Gasteiger partial charge in [0, 0.05) is 5.56 Å². The summed E-state index contributed by atoms with van der Waals surface area (Å²) in [7, 11) is 0. The van der Waals surface area contributed by atoms with Crippen molar-refractivity contribution in [3.8, 4) is 0 Å². The standard InChI is InChI=1S/C15H22OS/c1-4-6-11-17-12(3)15(16)14-9-7-13(5-2)8-10-14/h7-10,12H,4-6,11H2,1-3H3. The summed E-state index contributed by atoms with van der Waals surface area (Å²) in [5, 5.41) is 0.0778. The molecule has 1 nitrogen and oxygen atoms in total. The molecule has 0 saturated heterocycles. The molecule has 1 aromatic carbocycles. The van der Waals surface area contributed by atoms with Crippen LogP contribution < -0.4 is 0 Å². The second-order valence-electron chi connectivity index (χ2n) is 4.28. The summed E-state index contributed by atoms with van der Waals surface area (Å²) < 4.78 is 0. The Bertz CT molecular complexity index is 342. The zero-order chi connectivity index (χ0) is 12.7. The molecule has 1 rings (SSSR count). The summed E-state index contributed by atoms with van der Waals surface area (Å²) in [6.45, 7) is 6.31. The summed E-state index contributed by atoms with van der Waals surface area (Å²) in [6.07, 6.45) is 3.41. The molecule has 1 atom stereocenters. The van der Waals surface area contributed by atoms with E-state index >= 15 is 0 Å². The fraction of sp³-hybridized carbons (Fsp3) is 0.533. The average Bonchev–Trinajstić information content (AvgIpc) is 2.38. The molecule has 0 aliphatic rings. The highest BCUT2D eigenvalue weighted by Crippen LogP contribution is 2.18. The predicted octanol–water partition coefficient (Wildman–Crippen LogP) is 4.35. The lowest BCUT2D eigenvalue weighted by atomic mass is 10.1. The first-order chi connectivity index (χ1) is 8.19. The molecule has 0 bridgehead atoms. The Morgan fingerprint density at radius 1 is 1.24 bits per heavy atom. The molecule has 17 heavy (non-hydrogen) atoms. The van der Waals surface area contributed by atoms with Crippen LogP contribution in [-0.2, 0) is 6.42 Å². The topological polar surface area (TPSA) is 17.1 Å². The summed E-state index contributed by atoms with van der Waals surface area (Å²) in [5.74, 6) is 1.34. The van der Waals surface area contributed by atoms with Gasteiger partial charge in [-0.25, -0.2) is 0 Å². The van der Waals surface area contributed by atoms with Crippen molar-refractivity contribution < 1.29 is 4.79 Å². The maximum Gasteiger partial charge on any atom is 0.175 e. The number of hydrogen-bond acceptors (Lipinski definition) is 2. The van der Waals surface area contributed by atoms with E-state index in [2.05, 4.69) is 26.0 Å². The number of thioether (sulfide) groups is 1. The van der Waals surface area contributed by atoms with E-state index < -0.39 is 0 Å². The van der Waals surface area contributed by atoms with Crippen molar-refractivity contribution in [2.45, 2.75) is 45.3 Å². The summed E-state index contributed by atoms with van der Waals surface area (Å²) in [6, 6.07) is 8.02. The summed E-state index contributed by atoms with van der Waals surface area (Å²) in [5.41, 5.74) is 2.13. The number of benzene rings is 1. The third-order valence-electron chi connectivity index (χ3n) is 2.88. The lowest BCUT2D eigenvalue weighted by molar-refractivity contribution is 0.0994. The van der Waals surface area contributed by atoms with Gasteiger partial charge in [-0.3, -0.25) is 4.79 Å². The molecule has 0 saturated carbocycles. The molecule has 0 aliphatic carbocycles. The van der Waals surface area contributed by atoms with E-state index in [0.29, 0.717) is 0 Å². The van der Waals surface area contributed by atoms with E-state index in [1.807, 2.05) is 19.1 Å². The van der Waals surface area contributed by atoms with Crippen LogP contribution in [0.4, 0.5) is 0 Å². The number of carbonyl (C=O) groups excluding carboxylic acids is 1. The van der Waals surface area contributed by atoms with Crippen LogP contribution in [0.5, 0.6) is 0 Å². The number of carbonyl (C=O) groups is 1. The highest BCUT2D eigenvalue weighted by atomic mass is 32.2. The van der Waals surface area contributed by atoms with Gasteiger partial charge in [-0.1, -0.05) is 44.5 Å². The van der Waals surface area contributed by atoms with Crippen LogP contribution in [0, 0.1) is 0 Å². The van der Waals surface area contributed by atoms with Crippen molar-refractivity contribution in [3.63, 3.8) is 0 Å². The molecule has 94 valence electrons. The molecule has 0 N–H and O–H groups in total. The third-order valence-corrected chi connectivity index (χ3v) is 4.12. The van der Waals surface area contributed by atoms with Crippen molar-refractivity contribution in [2.24, 2.45) is 0 Å². The number of aryl methyl sites for hydroxylation is 1. The van der Waals surface area contributed by atoms with Gasteiger partial charge in [-0.2, -0.15) is 11.8 Å². The zero-order valence-electron chi connectivity index (χ0n) is 11.0. The van der Waals surface area contributed by atoms with Crippen LogP contribution >= 0.6 is 11.8 Å². The zero-order valence-corrected chi connectivity index (χ0v) is 11.8. The Kier molecular flexibility index (Phi) is 6.35. The largest absolute Gasteiger partial charge is 0.293 e. The molecule has 2 heteroatoms. The van der Waals surface area contributed by atoms with Gasteiger partial charge in [0.25, 0.3) is 0 Å². The molecular weight excluding hydrogens is 228 g/mol. The van der Waals surface area contributed by atoms with Crippen molar-refractivity contribution >= 4 is 17.5 Å². The van der Waals surface area contributed by atoms with Gasteiger partial charge < -0.3 is 0 Å². The van der Waals surface area contributed by atoms with Gasteiger partial charge in [-0.05, 0) is 31.1 Å². The van der Waals surface area contributed by atoms with E-state index in [4.69, 9.17) is 0 Å². The lowest BCUT2D eigenvalue weighted by Gasteiger charge is -2.10. The molecule has 0 fully saturated rings. The average molecular weight is 250 g/mol. The van der Waals surface area contributed by atoms with Crippen LogP contribution in [0.3, 0.4) is 0 Å². The van der Waals surface area contributed by atoms with E-state index in [1.54, 1.807) is 11.8 Å². The second-order valence-corrected chi connectivity index (χ2v) is 5.73. The van der Waals surface area contributed by atoms with Gasteiger partial charge in [0.15, 0.2) is 5.78 Å². The lowest BCUT2D eigenvalue weighted by Crippen LogP contribution is -2.14. The van der Waals surface area contributed by atoms with Crippen molar-refractivity contribution in [2.75, 3.05) is 5.75 Å². The first-order valence-corrected chi connectivity index (χ1v) is 7.48. The first kappa shape index (κ1) is 14.3. The highest BCUT2D eigenvalue weighted by molar-refractivity contribution is 8.00. The van der Waals surface area contributed by atoms with Crippen LogP contribution in [0.1, 0.15) is 49.5 Å². The maximum absolute atomic E-state index is 12.1. The molecule has 0 aliphatic heterocycles. The summed E-state index contributed by atoms with van der Waals surface area (Å²) in [4.78, 5) is 12.1. The van der Waals surface area contributed by atoms with E-state index in [-0.39, 0.29) is 11.0 Å². The number of rotatable bonds is 7. The molecule has 0 radical (unpaired) electrons. The molecule has 0 aromatic heterocycles. The number of Topliss-reactive ketones (excluding diaryl/α,β-unsaturated/α-hetero) is 1. The predicted molar refractivity (Wildman–Crippen MR) is 77.0 cm³/mol. The fourth-order valence-electron chi connectivity index (χ4n) is 1.62. The minimum atomic E-state index is 0.0778. The van der Waals surface area contributed by atoms with Gasteiger partial charge in [0.05, 0.1) is 5.25 Å². The Labute approximate surface area is 109 Å². The monoisotopic (exact) mass is 250 g/mol. The van der Waals surface area contributed by atoms with Crippen LogP contribution in [-0.4, -0.2) is 16.8 Å². The van der Waals surface area contributed by atoms with E-state index in [9.17, 15) is 4.79 Å². The molecule has 1 unspecified atom stereocenters. The summed E-state index contributed by atoms with van der Waals surface area (Å²) >= 11 is 1.76. The van der Waals surface area contributed by atoms with Crippen LogP contribution in [0.15, 0.2) is 24.3 Å². The van der Waals surface area contributed by atoms with Crippen LogP contribution in [0.25, 0.3) is 0 Å². The minimum absolute atomic E-state index is 0.0778. The van der Waals surface area contributed by atoms with Crippen molar-refractivity contribution in [1.29, 1.82) is 0 Å². The highest BCUT2D eigenvalue weighted by Gasteiger charge is 2.14. The molecule has 0 heterocycles. The van der Waals surface area contributed by atoms with E-state index in [0.717, 1.165) is 17.7 Å². The first-order valence-electron chi connectivity index (χ1n) is 6.43. The van der Waals surface area contributed by atoms with Gasteiger partial charge in [-0.15, -0.1) is 0 Å². The number of hydrogen-bond donors (Lipinski definition) is 0. The van der Waals surface area contributed by atoms with Crippen molar-refractivity contribution in [3.05, 3.63) is 35.4 Å². The van der Waals surface area contributed by atoms with Gasteiger partial charge in [0.1, 0.15) is 0 Å². The van der Waals surface area contributed by atoms with Gasteiger partial charge in [0.2, 0.25) is 0 Å². The Morgan fingerprint density at radius 3 is 2.41 bits per heavy atom. The van der Waals surface area contributed by atoms with Crippen LogP contribution in [0.2, 0.25) is 0 Å². The fourth-order valence-corrected chi connectivity index (χ4v) is 2.72. The normalized spacial score (nSPS) is 12.4. The number of ketones is 1. The quantitative estimate of drug-likeness (QED) is 0.528. The smallest absolute Gasteiger partial charge is 0.175 e. The number of unbranched alkanes of at least 4 members (excludes halogenated alkanes) is 1. The SMILES string of the molecule is CCCCSC(C)C(=O)c1ccc(CC)cc1. The second kappa shape index (κ2) is 7.54. The third kappa shape index (κ3) is 4.55. The van der Waals surface area contributed by atoms with Crippen molar-refractivity contribution in [1.82, 2.24) is 0 Å². The Hall–Kier alpha value is -0.760.